The van der Waals surface area contributed by atoms with Crippen molar-refractivity contribution in [1.29, 1.82) is 0 Å². The molecule has 0 aromatic heterocycles. The fourth-order valence-electron chi connectivity index (χ4n) is 6.60. The average Bonchev–Trinajstić information content (AvgIpc) is 2.93. The van der Waals surface area contributed by atoms with Crippen molar-refractivity contribution < 1.29 is 45.3 Å². The Labute approximate surface area is 242 Å². The Hall–Kier alpha value is -0.580. The van der Waals surface area contributed by atoms with Crippen molar-refractivity contribution in [1.82, 2.24) is 0 Å². The van der Waals surface area contributed by atoms with Gasteiger partial charge in [0, 0.05) is 36.5 Å². The lowest BCUT2D eigenvalue weighted by molar-refractivity contribution is -0.230. The largest absolute Gasteiger partial charge is 0.389 e. The summed E-state index contributed by atoms with van der Waals surface area (Å²) in [5.41, 5.74) is 0. The molecular weight excluding hydrogens is 550 g/mol. The van der Waals surface area contributed by atoms with Crippen LogP contribution in [0.2, 0.25) is 0 Å². The Balaban J connectivity index is 0.000000226. The minimum atomic E-state index is -4.04. The summed E-state index contributed by atoms with van der Waals surface area (Å²) >= 11 is 0. The van der Waals surface area contributed by atoms with Gasteiger partial charge in [0.2, 0.25) is 0 Å². The molecule has 0 aromatic rings. The second-order valence-electron chi connectivity index (χ2n) is 13.0. The van der Waals surface area contributed by atoms with E-state index in [1.807, 2.05) is 0 Å². The van der Waals surface area contributed by atoms with Crippen LogP contribution in [0.15, 0.2) is 0 Å². The maximum atomic E-state index is 12.1. The summed E-state index contributed by atoms with van der Waals surface area (Å²) in [6, 6.07) is 0. The lowest BCUT2D eigenvalue weighted by Crippen LogP contribution is -2.38. The highest BCUT2D eigenvalue weighted by Crippen LogP contribution is 2.36. The van der Waals surface area contributed by atoms with Crippen molar-refractivity contribution >= 4 is 0 Å². The molecule has 2 saturated heterocycles. The molecular formula is C31H52F6O4. The molecule has 242 valence electrons. The predicted molar refractivity (Wildman–Crippen MR) is 145 cm³/mol. The molecule has 0 atom stereocenters. The van der Waals surface area contributed by atoms with Crippen LogP contribution >= 0.6 is 0 Å². The molecule has 2 aliphatic heterocycles. The van der Waals surface area contributed by atoms with Gasteiger partial charge in [-0.3, -0.25) is 0 Å². The van der Waals surface area contributed by atoms with Gasteiger partial charge in [-0.15, -0.1) is 0 Å². The first-order valence-electron chi connectivity index (χ1n) is 16.0. The smallest absolute Gasteiger partial charge is 0.352 e. The fourth-order valence-corrected chi connectivity index (χ4v) is 6.60. The van der Waals surface area contributed by atoms with Crippen LogP contribution in [0, 0.1) is 35.5 Å². The second kappa shape index (κ2) is 17.0. The Kier molecular flexibility index (Phi) is 14.5. The highest BCUT2D eigenvalue weighted by molar-refractivity contribution is 4.77. The molecule has 41 heavy (non-hydrogen) atoms. The molecule has 2 saturated carbocycles. The third-order valence-electron chi connectivity index (χ3n) is 9.43. The van der Waals surface area contributed by atoms with E-state index in [2.05, 4.69) is 13.8 Å². The highest BCUT2D eigenvalue weighted by atomic mass is 19.4. The Morgan fingerprint density at radius 1 is 0.537 bits per heavy atom. The van der Waals surface area contributed by atoms with Crippen molar-refractivity contribution in [2.24, 2.45) is 35.5 Å². The Morgan fingerprint density at radius 2 is 0.902 bits per heavy atom. The van der Waals surface area contributed by atoms with E-state index in [9.17, 15) is 26.3 Å². The first kappa shape index (κ1) is 34.9. The molecule has 2 aliphatic carbocycles. The van der Waals surface area contributed by atoms with Crippen LogP contribution in [0.25, 0.3) is 0 Å². The van der Waals surface area contributed by atoms with Crippen LogP contribution in [0.1, 0.15) is 110 Å². The fraction of sp³-hybridized carbons (Fsp3) is 1.00. The van der Waals surface area contributed by atoms with Gasteiger partial charge in [0.15, 0.2) is 12.6 Å². The van der Waals surface area contributed by atoms with E-state index in [1.165, 1.54) is 32.1 Å². The predicted octanol–water partition coefficient (Wildman–Crippen LogP) is 9.46. The minimum absolute atomic E-state index is 0.121. The zero-order valence-corrected chi connectivity index (χ0v) is 25.0. The Morgan fingerprint density at radius 3 is 1.24 bits per heavy atom. The summed E-state index contributed by atoms with van der Waals surface area (Å²) in [5, 5.41) is 0. The van der Waals surface area contributed by atoms with E-state index >= 15 is 0 Å². The van der Waals surface area contributed by atoms with Crippen LogP contribution in [0.4, 0.5) is 26.3 Å². The molecule has 4 fully saturated rings. The molecule has 0 bridgehead atoms. The van der Waals surface area contributed by atoms with E-state index < -0.39 is 25.2 Å². The first-order chi connectivity index (χ1) is 19.4. The topological polar surface area (TPSA) is 36.9 Å². The second-order valence-corrected chi connectivity index (χ2v) is 13.0. The maximum Gasteiger partial charge on any atom is 0.389 e. The van der Waals surface area contributed by atoms with Gasteiger partial charge in [0.25, 0.3) is 0 Å². The molecule has 2 heterocycles. The summed E-state index contributed by atoms with van der Waals surface area (Å²) in [5.74, 6) is 2.84. The van der Waals surface area contributed by atoms with Crippen LogP contribution < -0.4 is 0 Å². The molecule has 0 aromatic carbocycles. The number of alkyl halides is 6. The summed E-state index contributed by atoms with van der Waals surface area (Å²) < 4.78 is 95.6. The highest BCUT2D eigenvalue weighted by Gasteiger charge is 2.34. The summed E-state index contributed by atoms with van der Waals surface area (Å²) in [6.07, 6.45) is 2.48. The van der Waals surface area contributed by atoms with E-state index in [4.69, 9.17) is 18.9 Å². The van der Waals surface area contributed by atoms with Crippen molar-refractivity contribution in [3.63, 3.8) is 0 Å². The van der Waals surface area contributed by atoms with Crippen molar-refractivity contribution in [3.8, 4) is 0 Å². The van der Waals surface area contributed by atoms with E-state index in [0.717, 1.165) is 37.5 Å². The van der Waals surface area contributed by atoms with Gasteiger partial charge in [-0.05, 0) is 63.2 Å². The number of hydrogen-bond acceptors (Lipinski definition) is 4. The molecule has 4 nitrogen and oxygen atoms in total. The molecule has 0 N–H and O–H groups in total. The molecule has 4 rings (SSSR count). The van der Waals surface area contributed by atoms with Gasteiger partial charge in [-0.25, -0.2) is 0 Å². The third kappa shape index (κ3) is 13.7. The molecule has 10 heteroatoms. The SMILES string of the molecule is CC[C@H]1CC[C@H]([C@H]2OC[C@H](CCCC(F)(F)F)CO2)CC1.C[C@H]1CC[C@H]([C@H]2OC[C@H](CCCC(F)(F)F)CO2)CC1. The molecule has 0 spiro atoms. The van der Waals surface area contributed by atoms with Crippen LogP contribution in [0.5, 0.6) is 0 Å². The van der Waals surface area contributed by atoms with Crippen LogP contribution in [-0.4, -0.2) is 51.4 Å². The number of hydrogen-bond donors (Lipinski definition) is 0. The van der Waals surface area contributed by atoms with Gasteiger partial charge in [-0.2, -0.15) is 26.3 Å². The molecule has 0 unspecified atom stereocenters. The van der Waals surface area contributed by atoms with Crippen LogP contribution in [0.3, 0.4) is 0 Å². The molecule has 0 radical (unpaired) electrons. The molecule has 4 aliphatic rings. The van der Waals surface area contributed by atoms with E-state index in [-0.39, 0.29) is 37.3 Å². The summed E-state index contributed by atoms with van der Waals surface area (Å²) in [4.78, 5) is 0. The quantitative estimate of drug-likeness (QED) is 0.246. The monoisotopic (exact) mass is 602 g/mol. The zero-order valence-electron chi connectivity index (χ0n) is 25.0. The van der Waals surface area contributed by atoms with Gasteiger partial charge in [0.05, 0.1) is 26.4 Å². The molecule has 0 amide bonds. The Bertz CT molecular complexity index is 686. The zero-order chi connectivity index (χ0) is 29.9. The van der Waals surface area contributed by atoms with Gasteiger partial charge < -0.3 is 18.9 Å². The van der Waals surface area contributed by atoms with Crippen molar-refractivity contribution in [3.05, 3.63) is 0 Å². The van der Waals surface area contributed by atoms with Crippen molar-refractivity contribution in [2.75, 3.05) is 26.4 Å². The van der Waals surface area contributed by atoms with Gasteiger partial charge in [0.1, 0.15) is 0 Å². The van der Waals surface area contributed by atoms with Gasteiger partial charge in [-0.1, -0.05) is 46.0 Å². The maximum absolute atomic E-state index is 12.1. The minimum Gasteiger partial charge on any atom is -0.352 e. The first-order valence-corrected chi connectivity index (χ1v) is 16.0. The average molecular weight is 603 g/mol. The van der Waals surface area contributed by atoms with Gasteiger partial charge >= 0.3 is 12.4 Å². The lowest BCUT2D eigenvalue weighted by atomic mass is 9.80. The summed E-state index contributed by atoms with van der Waals surface area (Å²) in [7, 11) is 0. The van der Waals surface area contributed by atoms with E-state index in [0.29, 0.717) is 51.1 Å². The summed E-state index contributed by atoms with van der Waals surface area (Å²) in [6.45, 7) is 6.72. The van der Waals surface area contributed by atoms with Crippen LogP contribution in [-0.2, 0) is 18.9 Å². The van der Waals surface area contributed by atoms with E-state index in [1.54, 1.807) is 0 Å². The number of halogens is 6. The number of ether oxygens (including phenoxy) is 4. The lowest BCUT2D eigenvalue weighted by Gasteiger charge is -2.37. The normalized spacial score (nSPS) is 35.4. The third-order valence-corrected chi connectivity index (χ3v) is 9.43. The standard InChI is InChI=1S/C16H27F3O2.C15H25F3O2/c1-2-12-5-7-14(8-6-12)15-20-10-13(11-21-15)4-3-9-16(17,18)19;1-11-4-6-13(7-5-11)14-19-9-12(10-20-14)3-2-8-15(16,17)18/h12-15H,2-11H2,1H3;11-14H,2-10H2,1H3/t12-,13-,14-,15-;11-,12-,13-,14-. The number of rotatable bonds is 9. The van der Waals surface area contributed by atoms with Crippen molar-refractivity contribution in [2.45, 2.75) is 135 Å².